The maximum Gasteiger partial charge on any atom is 0.408 e. The van der Waals surface area contributed by atoms with Crippen molar-refractivity contribution in [3.63, 3.8) is 0 Å². The van der Waals surface area contributed by atoms with Crippen LogP contribution in [0.4, 0.5) is 4.79 Å². The largest absolute Gasteiger partial charge is 0.444 e. The van der Waals surface area contributed by atoms with E-state index >= 15 is 0 Å². The van der Waals surface area contributed by atoms with Gasteiger partial charge in [-0.15, -0.1) is 0 Å². The molecule has 0 atom stereocenters. The van der Waals surface area contributed by atoms with Crippen molar-refractivity contribution in [2.24, 2.45) is 5.73 Å². The highest BCUT2D eigenvalue weighted by Crippen LogP contribution is 2.09. The molecule has 134 valence electrons. The van der Waals surface area contributed by atoms with Gasteiger partial charge in [0, 0.05) is 6.42 Å². The van der Waals surface area contributed by atoms with Crippen molar-refractivity contribution < 1.29 is 19.1 Å². The number of hydrogen-bond acceptors (Lipinski definition) is 5. The standard InChI is InChI=1S/C15H30N4O4/c1-14(2,3)23-13(22)17-15(4,5)12(21)19-18-11(20)9-7-6-8-10-16/h6-10,16H2,1-5H3,(H,17,22)(H,18,20)(H,19,21). The smallest absolute Gasteiger partial charge is 0.408 e. The van der Waals surface area contributed by atoms with Crippen LogP contribution in [0.25, 0.3) is 0 Å². The van der Waals surface area contributed by atoms with Gasteiger partial charge in [-0.1, -0.05) is 6.42 Å². The van der Waals surface area contributed by atoms with Gasteiger partial charge in [0.25, 0.3) is 5.91 Å². The normalized spacial score (nSPS) is 11.6. The number of hydrazine groups is 1. The molecule has 0 saturated heterocycles. The van der Waals surface area contributed by atoms with Crippen molar-refractivity contribution in [1.29, 1.82) is 0 Å². The summed E-state index contributed by atoms with van der Waals surface area (Å²) in [5.74, 6) is -0.831. The average Bonchev–Trinajstić information content (AvgIpc) is 2.37. The Balaban J connectivity index is 4.21. The zero-order chi connectivity index (χ0) is 18.1. The van der Waals surface area contributed by atoms with E-state index in [0.717, 1.165) is 12.8 Å². The van der Waals surface area contributed by atoms with Gasteiger partial charge in [-0.3, -0.25) is 20.4 Å². The highest BCUT2D eigenvalue weighted by atomic mass is 16.6. The molecule has 0 saturated carbocycles. The lowest BCUT2D eigenvalue weighted by Gasteiger charge is -2.27. The van der Waals surface area contributed by atoms with Crippen molar-refractivity contribution in [3.8, 4) is 0 Å². The summed E-state index contributed by atoms with van der Waals surface area (Å²) in [6.45, 7) is 8.81. The first-order valence-electron chi connectivity index (χ1n) is 7.78. The molecule has 3 amide bonds. The van der Waals surface area contributed by atoms with Crippen LogP contribution in [0.2, 0.25) is 0 Å². The Morgan fingerprint density at radius 2 is 1.57 bits per heavy atom. The van der Waals surface area contributed by atoms with Crippen molar-refractivity contribution in [3.05, 3.63) is 0 Å². The Morgan fingerprint density at radius 3 is 2.09 bits per heavy atom. The summed E-state index contributed by atoms with van der Waals surface area (Å²) in [7, 11) is 0. The van der Waals surface area contributed by atoms with Crippen LogP contribution in [-0.2, 0) is 14.3 Å². The zero-order valence-corrected chi connectivity index (χ0v) is 14.7. The molecule has 23 heavy (non-hydrogen) atoms. The zero-order valence-electron chi connectivity index (χ0n) is 14.7. The molecule has 0 aromatic rings. The summed E-state index contributed by atoms with van der Waals surface area (Å²) >= 11 is 0. The number of unbranched alkanes of at least 4 members (excludes halogenated alkanes) is 2. The molecule has 5 N–H and O–H groups in total. The van der Waals surface area contributed by atoms with Crippen molar-refractivity contribution >= 4 is 17.9 Å². The number of carbonyl (C=O) groups is 3. The molecule has 8 heteroatoms. The Kier molecular flexibility index (Phi) is 8.60. The van der Waals surface area contributed by atoms with E-state index < -0.39 is 23.1 Å². The molecule has 0 radical (unpaired) electrons. The van der Waals surface area contributed by atoms with E-state index in [1.54, 1.807) is 20.8 Å². The van der Waals surface area contributed by atoms with E-state index in [4.69, 9.17) is 10.5 Å². The van der Waals surface area contributed by atoms with E-state index in [9.17, 15) is 14.4 Å². The van der Waals surface area contributed by atoms with Crippen LogP contribution in [0.5, 0.6) is 0 Å². The van der Waals surface area contributed by atoms with Gasteiger partial charge >= 0.3 is 6.09 Å². The number of hydrogen-bond donors (Lipinski definition) is 4. The van der Waals surface area contributed by atoms with Crippen molar-refractivity contribution in [2.45, 2.75) is 71.4 Å². The average molecular weight is 330 g/mol. The Bertz CT molecular complexity index is 416. The van der Waals surface area contributed by atoms with Crippen LogP contribution in [0.3, 0.4) is 0 Å². The molecule has 0 aromatic heterocycles. The first-order chi connectivity index (χ1) is 10.5. The number of nitrogens with two attached hydrogens (primary N) is 1. The maximum absolute atomic E-state index is 12.0. The summed E-state index contributed by atoms with van der Waals surface area (Å²) < 4.78 is 5.10. The lowest BCUT2D eigenvalue weighted by atomic mass is 10.1. The van der Waals surface area contributed by atoms with Gasteiger partial charge in [-0.2, -0.15) is 0 Å². The van der Waals surface area contributed by atoms with Gasteiger partial charge in [-0.05, 0) is 54.0 Å². The molecular formula is C15H30N4O4. The highest BCUT2D eigenvalue weighted by molar-refractivity contribution is 5.90. The second-order valence-corrected chi connectivity index (χ2v) is 6.85. The van der Waals surface area contributed by atoms with Crippen LogP contribution < -0.4 is 21.9 Å². The third kappa shape index (κ3) is 10.5. The summed E-state index contributed by atoms with van der Waals surface area (Å²) in [4.78, 5) is 35.3. The summed E-state index contributed by atoms with van der Waals surface area (Å²) in [5.41, 5.74) is 8.11. The third-order valence-electron chi connectivity index (χ3n) is 2.80. The van der Waals surface area contributed by atoms with Gasteiger partial charge in [0.1, 0.15) is 11.1 Å². The molecule has 8 nitrogen and oxygen atoms in total. The molecule has 0 unspecified atom stereocenters. The number of alkyl carbamates (subject to hydrolysis) is 1. The Hall–Kier alpha value is -1.83. The second-order valence-electron chi connectivity index (χ2n) is 6.85. The molecule has 0 aliphatic rings. The van der Waals surface area contributed by atoms with E-state index in [-0.39, 0.29) is 5.91 Å². The first kappa shape index (κ1) is 21.2. The molecule has 0 aliphatic heterocycles. The lowest BCUT2D eigenvalue weighted by molar-refractivity contribution is -0.132. The minimum absolute atomic E-state index is 0.288. The van der Waals surface area contributed by atoms with Gasteiger partial charge in [0.05, 0.1) is 0 Å². The number of amides is 3. The monoisotopic (exact) mass is 330 g/mol. The molecule has 0 bridgehead atoms. The Labute approximate surface area is 137 Å². The predicted octanol–water partition coefficient (Wildman–Crippen LogP) is 0.956. The first-order valence-corrected chi connectivity index (χ1v) is 7.78. The molecule has 0 aliphatic carbocycles. The molecule has 0 rings (SSSR count). The molecule has 0 fully saturated rings. The fourth-order valence-electron chi connectivity index (χ4n) is 1.57. The van der Waals surface area contributed by atoms with E-state index in [0.29, 0.717) is 19.4 Å². The van der Waals surface area contributed by atoms with E-state index in [1.807, 2.05) is 0 Å². The number of nitrogens with one attached hydrogen (secondary N) is 3. The SMILES string of the molecule is CC(C)(C)OC(=O)NC(C)(C)C(=O)NNC(=O)CCCCCN. The fraction of sp³-hybridized carbons (Fsp3) is 0.800. The number of rotatable bonds is 7. The van der Waals surface area contributed by atoms with Gasteiger partial charge < -0.3 is 15.8 Å². The topological polar surface area (TPSA) is 123 Å². The fourth-order valence-corrected chi connectivity index (χ4v) is 1.57. The van der Waals surface area contributed by atoms with E-state index in [2.05, 4.69) is 16.2 Å². The minimum Gasteiger partial charge on any atom is -0.444 e. The van der Waals surface area contributed by atoms with Gasteiger partial charge in [0.2, 0.25) is 5.91 Å². The maximum atomic E-state index is 12.0. The quantitative estimate of drug-likeness (QED) is 0.409. The van der Waals surface area contributed by atoms with Crippen molar-refractivity contribution in [1.82, 2.24) is 16.2 Å². The summed E-state index contributed by atoms with van der Waals surface area (Å²) in [5, 5.41) is 2.46. The number of ether oxygens (including phenoxy) is 1. The minimum atomic E-state index is -1.23. The van der Waals surface area contributed by atoms with Crippen LogP contribution in [0, 0.1) is 0 Å². The Morgan fingerprint density at radius 1 is 0.957 bits per heavy atom. The number of carbonyl (C=O) groups excluding carboxylic acids is 3. The van der Waals surface area contributed by atoms with Crippen LogP contribution >= 0.6 is 0 Å². The summed E-state index contributed by atoms with van der Waals surface area (Å²) in [6, 6.07) is 0. The highest BCUT2D eigenvalue weighted by Gasteiger charge is 2.31. The lowest BCUT2D eigenvalue weighted by Crippen LogP contribution is -2.58. The molecule has 0 aromatic carbocycles. The van der Waals surface area contributed by atoms with Gasteiger partial charge in [-0.25, -0.2) is 4.79 Å². The van der Waals surface area contributed by atoms with Crippen LogP contribution in [-0.4, -0.2) is 35.6 Å². The van der Waals surface area contributed by atoms with Crippen molar-refractivity contribution in [2.75, 3.05) is 6.54 Å². The van der Waals surface area contributed by atoms with Crippen LogP contribution in [0.1, 0.15) is 60.3 Å². The van der Waals surface area contributed by atoms with E-state index in [1.165, 1.54) is 13.8 Å². The predicted molar refractivity (Wildman–Crippen MR) is 87.3 cm³/mol. The molecule has 0 heterocycles. The third-order valence-corrected chi connectivity index (χ3v) is 2.80. The molecule has 0 spiro atoms. The summed E-state index contributed by atoms with van der Waals surface area (Å²) in [6.07, 6.45) is 2.04. The van der Waals surface area contributed by atoms with Gasteiger partial charge in [0.15, 0.2) is 0 Å². The molecular weight excluding hydrogens is 300 g/mol. The second kappa shape index (κ2) is 9.34. The van der Waals surface area contributed by atoms with Crippen LogP contribution in [0.15, 0.2) is 0 Å².